The summed E-state index contributed by atoms with van der Waals surface area (Å²) >= 11 is 3.00. The molecule has 7 heteroatoms. The molecule has 0 spiro atoms. The molecule has 1 aromatic heterocycles. The number of benzene rings is 1. The van der Waals surface area contributed by atoms with Crippen molar-refractivity contribution in [2.45, 2.75) is 32.2 Å². The Balaban J connectivity index is 1.91. The van der Waals surface area contributed by atoms with Crippen LogP contribution in [0.4, 0.5) is 8.78 Å². The van der Waals surface area contributed by atoms with Crippen LogP contribution in [-0.2, 0) is 5.92 Å². The zero-order chi connectivity index (χ0) is 17.5. The molecule has 0 unspecified atom stereocenters. The van der Waals surface area contributed by atoms with E-state index >= 15 is 0 Å². The lowest BCUT2D eigenvalue weighted by Gasteiger charge is -2.26. The number of nitrogens with one attached hydrogen (secondary N) is 1. The van der Waals surface area contributed by atoms with Crippen molar-refractivity contribution >= 4 is 39.8 Å². The van der Waals surface area contributed by atoms with Gasteiger partial charge in [-0.25, -0.2) is 8.78 Å². The molecule has 0 radical (unpaired) electrons. The molecule has 1 aliphatic rings. The van der Waals surface area contributed by atoms with Crippen LogP contribution >= 0.6 is 33.9 Å². The Morgan fingerprint density at radius 1 is 1.42 bits per heavy atom. The van der Waals surface area contributed by atoms with E-state index in [1.807, 2.05) is 46.9 Å². The number of hydrogen-bond acceptors (Lipinski definition) is 3. The number of rotatable bonds is 3. The highest BCUT2D eigenvalue weighted by Crippen LogP contribution is 2.40. The number of alkyl halides is 2. The minimum atomic E-state index is -3.05. The van der Waals surface area contributed by atoms with Gasteiger partial charge in [0.1, 0.15) is 10.6 Å². The SMILES string of the molecule is Cc1sc(C(=O)N[C@H]2CCOc3ccccc32)c(C(C)(F)F)c1I. The number of carbonyl (C=O) groups is 1. The maximum atomic E-state index is 14.0. The second-order valence-electron chi connectivity index (χ2n) is 5.77. The van der Waals surface area contributed by atoms with E-state index in [2.05, 4.69) is 5.32 Å². The van der Waals surface area contributed by atoms with E-state index in [9.17, 15) is 13.6 Å². The van der Waals surface area contributed by atoms with E-state index in [-0.39, 0.29) is 16.5 Å². The van der Waals surface area contributed by atoms with Gasteiger partial charge in [0.15, 0.2) is 0 Å². The Kier molecular flexibility index (Phi) is 4.83. The van der Waals surface area contributed by atoms with Crippen LogP contribution in [0.25, 0.3) is 0 Å². The Morgan fingerprint density at radius 2 is 2.12 bits per heavy atom. The first-order chi connectivity index (χ1) is 11.3. The standard InChI is InChI=1S/C17H16F2INO2S/c1-9-14(20)13(17(2,18)19)15(24-9)16(22)21-11-7-8-23-12-6-4-3-5-10(11)12/h3-6,11H,7-8H2,1-2H3,(H,21,22)/t11-/m0/s1. The van der Waals surface area contributed by atoms with Crippen LogP contribution < -0.4 is 10.1 Å². The Morgan fingerprint density at radius 3 is 2.83 bits per heavy atom. The molecular formula is C17H16F2INO2S. The zero-order valence-electron chi connectivity index (χ0n) is 13.2. The summed E-state index contributed by atoms with van der Waals surface area (Å²) in [5.41, 5.74) is 0.702. The van der Waals surface area contributed by atoms with Crippen LogP contribution in [0, 0.1) is 10.5 Å². The molecule has 1 aliphatic heterocycles. The van der Waals surface area contributed by atoms with Crippen molar-refractivity contribution in [2.24, 2.45) is 0 Å². The Bertz CT molecular complexity index is 785. The van der Waals surface area contributed by atoms with Crippen LogP contribution in [0.1, 0.15) is 45.1 Å². The van der Waals surface area contributed by atoms with Gasteiger partial charge in [-0.3, -0.25) is 4.79 Å². The summed E-state index contributed by atoms with van der Waals surface area (Å²) in [6.45, 7) is 3.07. The molecule has 1 aromatic carbocycles. The minimum Gasteiger partial charge on any atom is -0.493 e. The number of para-hydroxylation sites is 1. The first-order valence-corrected chi connectivity index (χ1v) is 9.38. The lowest BCUT2D eigenvalue weighted by molar-refractivity contribution is 0.0159. The summed E-state index contributed by atoms with van der Waals surface area (Å²) in [6.07, 6.45) is 0.613. The predicted molar refractivity (Wildman–Crippen MR) is 98.1 cm³/mol. The number of fused-ring (bicyclic) bond motifs is 1. The predicted octanol–water partition coefficient (Wildman–Crippen LogP) is 5.03. The number of aryl methyl sites for hydroxylation is 1. The van der Waals surface area contributed by atoms with Crippen LogP contribution in [0.15, 0.2) is 24.3 Å². The van der Waals surface area contributed by atoms with Gasteiger partial charge in [-0.2, -0.15) is 0 Å². The molecule has 3 nitrogen and oxygen atoms in total. The van der Waals surface area contributed by atoms with Crippen molar-refractivity contribution in [1.82, 2.24) is 5.32 Å². The molecule has 0 aliphatic carbocycles. The van der Waals surface area contributed by atoms with Crippen molar-refractivity contribution in [3.8, 4) is 5.75 Å². The monoisotopic (exact) mass is 463 g/mol. The summed E-state index contributed by atoms with van der Waals surface area (Å²) in [5.74, 6) is -2.78. The maximum Gasteiger partial charge on any atom is 0.273 e. The van der Waals surface area contributed by atoms with Gasteiger partial charge in [-0.05, 0) is 35.6 Å². The maximum absolute atomic E-state index is 14.0. The van der Waals surface area contributed by atoms with E-state index in [0.29, 0.717) is 16.6 Å². The van der Waals surface area contributed by atoms with Gasteiger partial charge in [0.05, 0.1) is 18.2 Å². The van der Waals surface area contributed by atoms with Crippen LogP contribution in [0.3, 0.4) is 0 Å². The lowest BCUT2D eigenvalue weighted by atomic mass is 10.0. The fraction of sp³-hybridized carbons (Fsp3) is 0.353. The highest BCUT2D eigenvalue weighted by molar-refractivity contribution is 14.1. The summed E-state index contributed by atoms with van der Waals surface area (Å²) in [4.78, 5) is 13.5. The van der Waals surface area contributed by atoms with Crippen LogP contribution in [0.2, 0.25) is 0 Å². The Hall–Kier alpha value is -1.22. The molecule has 0 bridgehead atoms. The largest absolute Gasteiger partial charge is 0.493 e. The van der Waals surface area contributed by atoms with Gasteiger partial charge in [0, 0.05) is 27.4 Å². The third kappa shape index (κ3) is 3.28. The number of hydrogen-bond donors (Lipinski definition) is 1. The summed E-state index contributed by atoms with van der Waals surface area (Å²) < 4.78 is 34.0. The molecule has 128 valence electrons. The average Bonchev–Trinajstić information content (AvgIpc) is 2.83. The van der Waals surface area contributed by atoms with E-state index in [4.69, 9.17) is 4.74 Å². The molecule has 0 saturated heterocycles. The quantitative estimate of drug-likeness (QED) is 0.649. The molecule has 3 rings (SSSR count). The second kappa shape index (κ2) is 6.59. The van der Waals surface area contributed by atoms with Gasteiger partial charge >= 0.3 is 0 Å². The van der Waals surface area contributed by atoms with Gasteiger partial charge in [0.25, 0.3) is 11.8 Å². The average molecular weight is 463 g/mol. The number of thiophene rings is 1. The molecular weight excluding hydrogens is 447 g/mol. The molecule has 1 amide bonds. The molecule has 2 heterocycles. The van der Waals surface area contributed by atoms with E-state index in [0.717, 1.165) is 34.5 Å². The molecule has 0 fully saturated rings. The van der Waals surface area contributed by atoms with Gasteiger partial charge in [-0.15, -0.1) is 11.3 Å². The van der Waals surface area contributed by atoms with Gasteiger partial charge < -0.3 is 10.1 Å². The highest BCUT2D eigenvalue weighted by Gasteiger charge is 2.36. The molecule has 1 N–H and O–H groups in total. The summed E-state index contributed by atoms with van der Waals surface area (Å²) in [7, 11) is 0. The first kappa shape index (κ1) is 17.6. The fourth-order valence-corrected chi connectivity index (χ4v) is 5.08. The van der Waals surface area contributed by atoms with Crippen molar-refractivity contribution < 1.29 is 18.3 Å². The minimum absolute atomic E-state index is 0.0911. The third-order valence-corrected chi connectivity index (χ3v) is 6.74. The summed E-state index contributed by atoms with van der Waals surface area (Å²) in [5, 5.41) is 2.90. The van der Waals surface area contributed by atoms with Crippen LogP contribution in [0.5, 0.6) is 5.75 Å². The normalized spacial score (nSPS) is 17.1. The fourth-order valence-electron chi connectivity index (χ4n) is 2.79. The molecule has 24 heavy (non-hydrogen) atoms. The number of halogens is 3. The highest BCUT2D eigenvalue weighted by atomic mass is 127. The number of carbonyl (C=O) groups excluding carboxylic acids is 1. The topological polar surface area (TPSA) is 38.3 Å². The summed E-state index contributed by atoms with van der Waals surface area (Å²) in [6, 6.07) is 7.23. The second-order valence-corrected chi connectivity index (χ2v) is 8.07. The molecule has 2 aromatic rings. The molecule has 1 atom stereocenters. The van der Waals surface area contributed by atoms with E-state index in [1.165, 1.54) is 0 Å². The first-order valence-electron chi connectivity index (χ1n) is 7.49. The van der Waals surface area contributed by atoms with Crippen LogP contribution in [-0.4, -0.2) is 12.5 Å². The molecule has 0 saturated carbocycles. The Labute approximate surface area is 156 Å². The van der Waals surface area contributed by atoms with E-state index in [1.54, 1.807) is 6.92 Å². The van der Waals surface area contributed by atoms with Crippen molar-refractivity contribution in [1.29, 1.82) is 0 Å². The third-order valence-electron chi connectivity index (χ3n) is 3.92. The number of ether oxygens (including phenoxy) is 1. The smallest absolute Gasteiger partial charge is 0.273 e. The van der Waals surface area contributed by atoms with Crippen molar-refractivity contribution in [3.63, 3.8) is 0 Å². The zero-order valence-corrected chi connectivity index (χ0v) is 16.1. The van der Waals surface area contributed by atoms with Gasteiger partial charge in [-0.1, -0.05) is 18.2 Å². The van der Waals surface area contributed by atoms with Crippen molar-refractivity contribution in [3.05, 3.63) is 48.7 Å². The number of amides is 1. The van der Waals surface area contributed by atoms with E-state index < -0.39 is 11.8 Å². The van der Waals surface area contributed by atoms with Gasteiger partial charge in [0.2, 0.25) is 0 Å². The van der Waals surface area contributed by atoms with Crippen molar-refractivity contribution in [2.75, 3.05) is 6.61 Å². The lowest BCUT2D eigenvalue weighted by Crippen LogP contribution is -2.32.